The van der Waals surface area contributed by atoms with Crippen LogP contribution < -0.4 is 5.32 Å². The molecule has 27 heavy (non-hydrogen) atoms. The molecule has 0 aliphatic carbocycles. The Balaban J connectivity index is 1.82. The van der Waals surface area contributed by atoms with E-state index in [1.54, 1.807) is 0 Å². The van der Waals surface area contributed by atoms with Crippen molar-refractivity contribution in [2.24, 2.45) is 4.99 Å². The van der Waals surface area contributed by atoms with Gasteiger partial charge < -0.3 is 10.1 Å². The van der Waals surface area contributed by atoms with Crippen LogP contribution in [0, 0.1) is 17.0 Å². The van der Waals surface area contributed by atoms with Crippen LogP contribution >= 0.6 is 0 Å². The van der Waals surface area contributed by atoms with E-state index in [0.29, 0.717) is 12.1 Å². The molecule has 0 spiro atoms. The Morgan fingerprint density at radius 2 is 1.81 bits per heavy atom. The van der Waals surface area contributed by atoms with Crippen LogP contribution in [0.2, 0.25) is 0 Å². The molecule has 6 nitrogen and oxygen atoms in total. The first-order valence-electron chi connectivity index (χ1n) is 8.62. The number of carbonyl (C=O) groups is 1. The van der Waals surface area contributed by atoms with Gasteiger partial charge in [0.15, 0.2) is 11.8 Å². The molecule has 0 amide bonds. The molecule has 1 unspecified atom stereocenters. The molecule has 2 aliphatic rings. The molecule has 134 valence electrons. The van der Waals surface area contributed by atoms with Gasteiger partial charge in [-0.1, -0.05) is 60.2 Å². The number of nitrogens with zero attached hydrogens (tertiary/aromatic N) is 2. The second kappa shape index (κ2) is 6.64. The Morgan fingerprint density at radius 1 is 1.11 bits per heavy atom. The first-order chi connectivity index (χ1) is 13.0. The molecule has 0 aromatic heterocycles. The molecule has 1 atom stereocenters. The van der Waals surface area contributed by atoms with E-state index in [2.05, 4.69) is 10.3 Å². The highest BCUT2D eigenvalue weighted by atomic mass is 16.6. The van der Waals surface area contributed by atoms with Gasteiger partial charge in [-0.05, 0) is 23.0 Å². The van der Waals surface area contributed by atoms with Crippen LogP contribution in [-0.4, -0.2) is 22.5 Å². The molecule has 0 saturated carbocycles. The monoisotopic (exact) mass is 359 g/mol. The number of allylic oxidation sites excluding steroid dienone is 1. The number of nitro groups is 1. The molecule has 2 aromatic carbocycles. The number of fused-ring (bicyclic) bond motifs is 1. The molecule has 6 heteroatoms. The summed E-state index contributed by atoms with van der Waals surface area (Å²) in [7, 11) is 0. The van der Waals surface area contributed by atoms with Crippen LogP contribution in [0.25, 0.3) is 5.57 Å². The van der Waals surface area contributed by atoms with Gasteiger partial charge in [0.1, 0.15) is 5.70 Å². The normalized spacial score (nSPS) is 18.6. The van der Waals surface area contributed by atoms with Gasteiger partial charge in [0.25, 0.3) is 0 Å². The van der Waals surface area contributed by atoms with Crippen molar-refractivity contribution in [1.82, 2.24) is 5.32 Å². The van der Waals surface area contributed by atoms with E-state index in [0.717, 1.165) is 34.1 Å². The average Bonchev–Trinajstić information content (AvgIpc) is 3.02. The van der Waals surface area contributed by atoms with Crippen molar-refractivity contribution in [2.75, 3.05) is 0 Å². The highest BCUT2D eigenvalue weighted by molar-refractivity contribution is 6.29. The van der Waals surface area contributed by atoms with E-state index < -0.39 is 11.0 Å². The van der Waals surface area contributed by atoms with Crippen molar-refractivity contribution in [2.45, 2.75) is 19.4 Å². The summed E-state index contributed by atoms with van der Waals surface area (Å²) < 4.78 is 0. The van der Waals surface area contributed by atoms with Gasteiger partial charge in [0.05, 0.1) is 11.8 Å². The average molecular weight is 359 g/mol. The molecule has 0 fully saturated rings. The van der Waals surface area contributed by atoms with E-state index in [9.17, 15) is 14.9 Å². The number of aryl methyl sites for hydroxylation is 1. The lowest BCUT2D eigenvalue weighted by Crippen LogP contribution is -2.35. The van der Waals surface area contributed by atoms with Crippen molar-refractivity contribution in [3.05, 3.63) is 99.0 Å². The van der Waals surface area contributed by atoms with E-state index >= 15 is 0 Å². The molecule has 4 rings (SSSR count). The number of ketones is 1. The van der Waals surface area contributed by atoms with Crippen LogP contribution in [0.5, 0.6) is 0 Å². The SMILES string of the molecule is Cc1ccc(C2=C3NC([N+](=O)[O-])=CC(=O)C3N=C2Cc2ccccc2)cc1. The van der Waals surface area contributed by atoms with Crippen LogP contribution in [0.1, 0.15) is 16.7 Å². The Bertz CT molecular complexity index is 1020. The zero-order valence-electron chi connectivity index (χ0n) is 14.7. The Labute approximate surface area is 156 Å². The highest BCUT2D eigenvalue weighted by Crippen LogP contribution is 2.33. The third-order valence-corrected chi connectivity index (χ3v) is 4.68. The highest BCUT2D eigenvalue weighted by Gasteiger charge is 2.41. The molecule has 1 N–H and O–H groups in total. The molecule has 0 bridgehead atoms. The van der Waals surface area contributed by atoms with Crippen molar-refractivity contribution >= 4 is 17.1 Å². The maximum Gasteiger partial charge on any atom is 0.324 e. The number of nitrogens with one attached hydrogen (secondary N) is 1. The summed E-state index contributed by atoms with van der Waals surface area (Å²) >= 11 is 0. The molecular weight excluding hydrogens is 342 g/mol. The van der Waals surface area contributed by atoms with Crippen molar-refractivity contribution in [3.8, 4) is 0 Å². The fraction of sp³-hybridized carbons (Fsp3) is 0.143. The van der Waals surface area contributed by atoms with E-state index in [1.807, 2.05) is 61.5 Å². The molecular formula is C21H17N3O3. The van der Waals surface area contributed by atoms with Crippen LogP contribution in [0.3, 0.4) is 0 Å². The van der Waals surface area contributed by atoms with E-state index in [4.69, 9.17) is 0 Å². The number of hydrogen-bond donors (Lipinski definition) is 1. The number of aliphatic imine (C=N–C) groups is 1. The van der Waals surface area contributed by atoms with Crippen molar-refractivity contribution < 1.29 is 9.72 Å². The standard InChI is InChI=1S/C21H17N3O3/c1-13-7-9-15(10-8-13)19-16(11-14-5-3-2-4-6-14)22-20-17(25)12-18(24(26)27)23-21(19)20/h2-10,12,20,23H,11H2,1H3. The van der Waals surface area contributed by atoms with E-state index in [1.165, 1.54) is 0 Å². The van der Waals surface area contributed by atoms with E-state index in [-0.39, 0.29) is 11.6 Å². The second-order valence-electron chi connectivity index (χ2n) is 6.61. The summed E-state index contributed by atoms with van der Waals surface area (Å²) in [5.41, 5.74) is 5.07. The molecule has 2 aromatic rings. The van der Waals surface area contributed by atoms with Crippen molar-refractivity contribution in [3.63, 3.8) is 0 Å². The van der Waals surface area contributed by atoms with Gasteiger partial charge in [0, 0.05) is 12.0 Å². The number of carbonyl (C=O) groups excluding carboxylic acids is 1. The van der Waals surface area contributed by atoms with Gasteiger partial charge in [-0.3, -0.25) is 9.79 Å². The number of hydrogen-bond acceptors (Lipinski definition) is 5. The number of rotatable bonds is 4. The zero-order valence-corrected chi connectivity index (χ0v) is 14.7. The molecule has 2 aliphatic heterocycles. The minimum absolute atomic E-state index is 0.313. The van der Waals surface area contributed by atoms with Gasteiger partial charge in [0.2, 0.25) is 0 Å². The van der Waals surface area contributed by atoms with Gasteiger partial charge in [-0.15, -0.1) is 0 Å². The summed E-state index contributed by atoms with van der Waals surface area (Å²) in [6.45, 7) is 1.99. The number of benzene rings is 2. The third-order valence-electron chi connectivity index (χ3n) is 4.68. The lowest BCUT2D eigenvalue weighted by atomic mass is 9.93. The van der Waals surface area contributed by atoms with Gasteiger partial charge in [-0.25, -0.2) is 5.32 Å². The summed E-state index contributed by atoms with van der Waals surface area (Å²) in [6.07, 6.45) is 1.57. The summed E-state index contributed by atoms with van der Waals surface area (Å²) in [5, 5.41) is 14.0. The topological polar surface area (TPSA) is 84.6 Å². The van der Waals surface area contributed by atoms with Crippen LogP contribution in [0.15, 0.2) is 77.2 Å². The quantitative estimate of drug-likeness (QED) is 0.672. The Hall–Kier alpha value is -3.54. The zero-order chi connectivity index (χ0) is 19.0. The maximum absolute atomic E-state index is 12.5. The Morgan fingerprint density at radius 3 is 2.48 bits per heavy atom. The lowest BCUT2D eigenvalue weighted by molar-refractivity contribution is -0.431. The van der Waals surface area contributed by atoms with Crippen molar-refractivity contribution in [1.29, 1.82) is 0 Å². The summed E-state index contributed by atoms with van der Waals surface area (Å²) in [4.78, 5) is 27.7. The van der Waals surface area contributed by atoms with Gasteiger partial charge >= 0.3 is 5.82 Å². The minimum Gasteiger partial charge on any atom is -0.358 e. The first kappa shape index (κ1) is 16.9. The molecule has 0 saturated heterocycles. The predicted molar refractivity (Wildman–Crippen MR) is 103 cm³/mol. The summed E-state index contributed by atoms with van der Waals surface area (Å²) in [6, 6.07) is 17.0. The second-order valence-corrected chi connectivity index (χ2v) is 6.61. The smallest absolute Gasteiger partial charge is 0.324 e. The fourth-order valence-corrected chi connectivity index (χ4v) is 3.37. The first-order valence-corrected chi connectivity index (χ1v) is 8.62. The van der Waals surface area contributed by atoms with Gasteiger partial charge in [-0.2, -0.15) is 0 Å². The largest absolute Gasteiger partial charge is 0.358 e. The van der Waals surface area contributed by atoms with Crippen LogP contribution in [0.4, 0.5) is 0 Å². The fourth-order valence-electron chi connectivity index (χ4n) is 3.37. The molecule has 0 radical (unpaired) electrons. The molecule has 2 heterocycles. The maximum atomic E-state index is 12.5. The predicted octanol–water partition coefficient (Wildman–Crippen LogP) is 3.06. The lowest BCUT2D eigenvalue weighted by Gasteiger charge is -2.15. The minimum atomic E-state index is -0.747. The summed E-state index contributed by atoms with van der Waals surface area (Å²) in [5.74, 6) is -0.685. The Kier molecular flexibility index (Phi) is 4.16. The van der Waals surface area contributed by atoms with Crippen LogP contribution in [-0.2, 0) is 11.2 Å². The third kappa shape index (κ3) is 3.17.